The Labute approximate surface area is 121 Å². The molecule has 0 fully saturated rings. The summed E-state index contributed by atoms with van der Waals surface area (Å²) in [4.78, 5) is 2.68. The van der Waals surface area contributed by atoms with Crippen molar-refractivity contribution < 1.29 is 0 Å². The van der Waals surface area contributed by atoms with E-state index in [2.05, 4.69) is 55.9 Å². The molecule has 0 aliphatic heterocycles. The summed E-state index contributed by atoms with van der Waals surface area (Å²) >= 11 is 0. The summed E-state index contributed by atoms with van der Waals surface area (Å²) in [5.41, 5.74) is 4.89. The molecule has 0 saturated heterocycles. The molecule has 0 amide bonds. The third kappa shape index (κ3) is 6.45. The average molecular weight is 278 g/mol. The molecule has 0 heterocycles. The molecule has 0 radical (unpaired) electrons. The summed E-state index contributed by atoms with van der Waals surface area (Å²) in [6, 6.07) is 0.761. The molecule has 0 aromatic rings. The van der Waals surface area contributed by atoms with Crippen LogP contribution in [0.25, 0.3) is 0 Å². The van der Waals surface area contributed by atoms with Crippen LogP contribution in [0.15, 0.2) is 11.6 Å². The van der Waals surface area contributed by atoms with E-state index < -0.39 is 8.07 Å². The summed E-state index contributed by atoms with van der Waals surface area (Å²) < 4.78 is 0. The maximum absolute atomic E-state index is 3.49. The van der Waals surface area contributed by atoms with Gasteiger partial charge in [0.2, 0.25) is 0 Å². The van der Waals surface area contributed by atoms with Crippen molar-refractivity contribution in [2.24, 2.45) is 0 Å². The zero-order valence-electron chi connectivity index (χ0n) is 13.6. The van der Waals surface area contributed by atoms with Gasteiger partial charge in [0.25, 0.3) is 0 Å². The van der Waals surface area contributed by atoms with Gasteiger partial charge in [-0.25, -0.2) is 0 Å². The second-order valence-corrected chi connectivity index (χ2v) is 11.4. The zero-order chi connectivity index (χ0) is 14.3. The molecule has 19 heavy (non-hydrogen) atoms. The van der Waals surface area contributed by atoms with Crippen molar-refractivity contribution in [2.75, 3.05) is 13.1 Å². The topological polar surface area (TPSA) is 3.24 Å². The van der Waals surface area contributed by atoms with E-state index in [-0.39, 0.29) is 0 Å². The fraction of sp³-hybridized carbons (Fsp3) is 0.765. The van der Waals surface area contributed by atoms with Crippen LogP contribution in [0, 0.1) is 11.5 Å². The molecule has 1 aliphatic rings. The van der Waals surface area contributed by atoms with Crippen molar-refractivity contribution in [3.63, 3.8) is 0 Å². The van der Waals surface area contributed by atoms with E-state index in [0.717, 1.165) is 6.04 Å². The minimum absolute atomic E-state index is 0.761. The molecule has 0 aromatic carbocycles. The van der Waals surface area contributed by atoms with Gasteiger partial charge in [0.15, 0.2) is 0 Å². The van der Waals surface area contributed by atoms with Crippen LogP contribution in [0.5, 0.6) is 0 Å². The normalized spacial score (nSPS) is 19.9. The molecule has 2 heteroatoms. The van der Waals surface area contributed by atoms with Gasteiger partial charge in [-0.05, 0) is 50.8 Å². The van der Waals surface area contributed by atoms with Crippen LogP contribution in [-0.4, -0.2) is 32.1 Å². The first-order valence-corrected chi connectivity index (χ1v) is 11.4. The molecule has 0 saturated carbocycles. The maximum Gasteiger partial charge on any atom is 0.129 e. The van der Waals surface area contributed by atoms with Gasteiger partial charge in [-0.3, -0.25) is 0 Å². The van der Waals surface area contributed by atoms with Gasteiger partial charge in [0.1, 0.15) is 8.07 Å². The first-order valence-electron chi connectivity index (χ1n) is 7.92. The molecule has 1 atom stereocenters. The van der Waals surface area contributed by atoms with E-state index in [0.29, 0.717) is 0 Å². The molecule has 0 unspecified atom stereocenters. The lowest BCUT2D eigenvalue weighted by molar-refractivity contribution is 0.184. The minimum Gasteiger partial charge on any atom is -0.300 e. The summed E-state index contributed by atoms with van der Waals surface area (Å²) in [5.74, 6) is 3.44. The number of allylic oxidation sites excluding steroid dienone is 1. The van der Waals surface area contributed by atoms with E-state index in [1.54, 1.807) is 0 Å². The highest BCUT2D eigenvalue weighted by Gasteiger charge is 2.19. The predicted molar refractivity (Wildman–Crippen MR) is 89.0 cm³/mol. The molecule has 108 valence electrons. The standard InChI is InChI=1S/C17H31NSi/c1-6-13-18(14-7-2)17-10-8-16(9-11-17)12-15-19(3,4)5/h8,17H,6-7,9-11,13-14H2,1-5H3/t17-/m1/s1. The van der Waals surface area contributed by atoms with Gasteiger partial charge in [-0.1, -0.05) is 45.5 Å². The Morgan fingerprint density at radius 1 is 1.21 bits per heavy atom. The fourth-order valence-corrected chi connectivity index (χ4v) is 3.12. The van der Waals surface area contributed by atoms with Crippen LogP contribution in [0.1, 0.15) is 46.0 Å². The molecule has 0 spiro atoms. The Kier molecular flexibility index (Phi) is 6.89. The van der Waals surface area contributed by atoms with E-state index in [9.17, 15) is 0 Å². The first kappa shape index (κ1) is 16.5. The van der Waals surface area contributed by atoms with Crippen LogP contribution in [0.4, 0.5) is 0 Å². The quantitative estimate of drug-likeness (QED) is 0.529. The molecule has 1 nitrogen and oxygen atoms in total. The number of rotatable bonds is 5. The van der Waals surface area contributed by atoms with Gasteiger partial charge < -0.3 is 4.90 Å². The largest absolute Gasteiger partial charge is 0.300 e. The summed E-state index contributed by atoms with van der Waals surface area (Å²) in [6.07, 6.45) is 8.62. The Morgan fingerprint density at radius 3 is 2.26 bits per heavy atom. The SMILES string of the molecule is CCCN(CCC)[C@@H]1CC=C(C#C[Si](C)(C)C)CC1. The molecule has 0 bridgehead atoms. The van der Waals surface area contributed by atoms with Crippen molar-refractivity contribution in [2.45, 2.75) is 71.6 Å². The number of nitrogens with zero attached hydrogens (tertiary/aromatic N) is 1. The number of hydrogen-bond acceptors (Lipinski definition) is 1. The minimum atomic E-state index is -1.22. The van der Waals surface area contributed by atoms with Crippen molar-refractivity contribution >= 4 is 8.07 Å². The van der Waals surface area contributed by atoms with Gasteiger partial charge >= 0.3 is 0 Å². The summed E-state index contributed by atoms with van der Waals surface area (Å²) in [7, 11) is -1.22. The smallest absolute Gasteiger partial charge is 0.129 e. The monoisotopic (exact) mass is 277 g/mol. The van der Waals surface area contributed by atoms with Crippen molar-refractivity contribution in [3.05, 3.63) is 11.6 Å². The Morgan fingerprint density at radius 2 is 1.84 bits per heavy atom. The van der Waals surface area contributed by atoms with Crippen LogP contribution < -0.4 is 0 Å². The fourth-order valence-electron chi connectivity index (χ4n) is 2.58. The Hall–Kier alpha value is -0.523. The van der Waals surface area contributed by atoms with E-state index >= 15 is 0 Å². The lowest BCUT2D eigenvalue weighted by Crippen LogP contribution is -2.37. The zero-order valence-corrected chi connectivity index (χ0v) is 14.6. The Bertz CT molecular complexity index is 348. The van der Waals surface area contributed by atoms with E-state index in [1.807, 2.05) is 0 Å². The van der Waals surface area contributed by atoms with E-state index in [1.165, 1.54) is 50.8 Å². The third-order valence-corrected chi connectivity index (χ3v) is 4.39. The van der Waals surface area contributed by atoms with Crippen LogP contribution in [-0.2, 0) is 0 Å². The van der Waals surface area contributed by atoms with Crippen LogP contribution in [0.3, 0.4) is 0 Å². The lowest BCUT2D eigenvalue weighted by atomic mass is 9.94. The molecule has 0 aromatic heterocycles. The summed E-state index contributed by atoms with van der Waals surface area (Å²) in [6.45, 7) is 14.0. The van der Waals surface area contributed by atoms with Gasteiger partial charge in [-0.2, -0.15) is 0 Å². The van der Waals surface area contributed by atoms with Gasteiger partial charge in [0.05, 0.1) is 0 Å². The van der Waals surface area contributed by atoms with Gasteiger partial charge in [-0.15, -0.1) is 5.54 Å². The Balaban J connectivity index is 2.57. The lowest BCUT2D eigenvalue weighted by Gasteiger charge is -2.32. The van der Waals surface area contributed by atoms with E-state index in [4.69, 9.17) is 0 Å². The van der Waals surface area contributed by atoms with Crippen LogP contribution >= 0.6 is 0 Å². The third-order valence-electron chi connectivity index (χ3n) is 3.52. The molecular weight excluding hydrogens is 246 g/mol. The maximum atomic E-state index is 3.49. The second-order valence-electron chi connectivity index (χ2n) is 6.69. The molecule has 1 aliphatic carbocycles. The summed E-state index contributed by atoms with van der Waals surface area (Å²) in [5, 5.41) is 0. The molecule has 1 rings (SSSR count). The van der Waals surface area contributed by atoms with Crippen molar-refractivity contribution in [1.29, 1.82) is 0 Å². The van der Waals surface area contributed by atoms with Gasteiger partial charge in [0, 0.05) is 6.04 Å². The molecule has 0 N–H and O–H groups in total. The highest BCUT2D eigenvalue weighted by molar-refractivity contribution is 6.83. The average Bonchev–Trinajstić information content (AvgIpc) is 2.36. The van der Waals surface area contributed by atoms with Crippen molar-refractivity contribution in [1.82, 2.24) is 4.90 Å². The highest BCUT2D eigenvalue weighted by Crippen LogP contribution is 2.22. The van der Waals surface area contributed by atoms with Crippen molar-refractivity contribution in [3.8, 4) is 11.5 Å². The van der Waals surface area contributed by atoms with Crippen LogP contribution in [0.2, 0.25) is 19.6 Å². The predicted octanol–water partition coefficient (Wildman–Crippen LogP) is 4.47. The second kappa shape index (κ2) is 7.92. The molecular formula is C17H31NSi. The first-order chi connectivity index (χ1) is 8.96. The number of hydrogen-bond donors (Lipinski definition) is 0. The highest BCUT2D eigenvalue weighted by atomic mass is 28.3.